The van der Waals surface area contributed by atoms with Crippen molar-refractivity contribution < 1.29 is 38.4 Å². The molecule has 206 valence electrons. The van der Waals surface area contributed by atoms with Crippen LogP contribution in [0.3, 0.4) is 0 Å². The zero-order valence-corrected chi connectivity index (χ0v) is 22.5. The lowest BCUT2D eigenvalue weighted by Crippen LogP contribution is -2.51. The van der Waals surface area contributed by atoms with Crippen molar-refractivity contribution in [1.82, 2.24) is 5.32 Å². The molecular formula is C30H33NO8. The largest absolute Gasteiger partial charge is 0.497 e. The fourth-order valence-corrected chi connectivity index (χ4v) is 4.87. The lowest BCUT2D eigenvalue weighted by atomic mass is 9.88. The highest BCUT2D eigenvalue weighted by molar-refractivity contribution is 5.91. The van der Waals surface area contributed by atoms with Gasteiger partial charge in [0, 0.05) is 24.7 Å². The van der Waals surface area contributed by atoms with Crippen molar-refractivity contribution in [2.75, 3.05) is 35.0 Å². The van der Waals surface area contributed by atoms with Gasteiger partial charge in [0.25, 0.3) is 5.91 Å². The van der Waals surface area contributed by atoms with E-state index in [0.717, 1.165) is 16.7 Å². The number of rotatable bonds is 11. The van der Waals surface area contributed by atoms with Gasteiger partial charge in [0.05, 0.1) is 34.0 Å². The third kappa shape index (κ3) is 5.78. The summed E-state index contributed by atoms with van der Waals surface area (Å²) in [5, 5.41) is 12.7. The molecule has 4 rings (SSSR count). The fourth-order valence-electron chi connectivity index (χ4n) is 4.87. The molecule has 0 unspecified atom stereocenters. The van der Waals surface area contributed by atoms with Crippen LogP contribution in [0.4, 0.5) is 0 Å². The Morgan fingerprint density at radius 2 is 1.54 bits per heavy atom. The van der Waals surface area contributed by atoms with Crippen molar-refractivity contribution in [3.8, 4) is 34.1 Å². The third-order valence-electron chi connectivity index (χ3n) is 6.92. The molecule has 1 amide bonds. The Bertz CT molecular complexity index is 1270. The molecule has 3 aromatic rings. The van der Waals surface area contributed by atoms with E-state index in [9.17, 15) is 14.7 Å². The molecule has 0 aliphatic carbocycles. The smallest absolute Gasteiger partial charge is 0.326 e. The minimum atomic E-state index is -1.35. The standard InChI is InChI=1S/C30H33NO8/c1-35-22-16-21(17-23(18-22)36-2)30(13-6-14-39-30)29(34)31-24(28(32)33)15-19-9-11-20(12-10-19)27-25(37-3)7-5-8-26(27)38-4/h5,7-12,16-18,24H,6,13-15H2,1-4H3,(H,31,34)(H,32,33)/t24-,30-/m0/s1. The number of carbonyl (C=O) groups is 2. The van der Waals surface area contributed by atoms with Crippen molar-refractivity contribution >= 4 is 11.9 Å². The number of methoxy groups -OCH3 is 4. The monoisotopic (exact) mass is 535 g/mol. The van der Waals surface area contributed by atoms with E-state index in [1.165, 1.54) is 14.2 Å². The van der Waals surface area contributed by atoms with Gasteiger partial charge in [-0.1, -0.05) is 30.3 Å². The molecule has 0 aromatic heterocycles. The molecule has 39 heavy (non-hydrogen) atoms. The van der Waals surface area contributed by atoms with Gasteiger partial charge in [-0.05, 0) is 48.2 Å². The summed E-state index contributed by atoms with van der Waals surface area (Å²) in [4.78, 5) is 25.9. The molecule has 0 saturated carbocycles. The van der Waals surface area contributed by atoms with Gasteiger partial charge in [-0.25, -0.2) is 4.79 Å². The molecule has 1 fully saturated rings. The van der Waals surface area contributed by atoms with Crippen LogP contribution >= 0.6 is 0 Å². The molecule has 1 aliphatic heterocycles. The van der Waals surface area contributed by atoms with E-state index < -0.39 is 23.5 Å². The molecule has 9 nitrogen and oxygen atoms in total. The van der Waals surface area contributed by atoms with Crippen LogP contribution in [0.1, 0.15) is 24.0 Å². The van der Waals surface area contributed by atoms with Crippen molar-refractivity contribution in [2.45, 2.75) is 30.9 Å². The van der Waals surface area contributed by atoms with Crippen LogP contribution in [0, 0.1) is 0 Å². The van der Waals surface area contributed by atoms with Crippen LogP contribution in [-0.2, 0) is 26.3 Å². The Morgan fingerprint density at radius 3 is 2.03 bits per heavy atom. The predicted octanol–water partition coefficient (Wildman–Crippen LogP) is 4.21. The number of carboxylic acids is 1. The average molecular weight is 536 g/mol. The number of carbonyl (C=O) groups excluding carboxylic acids is 1. The van der Waals surface area contributed by atoms with Gasteiger partial charge in [-0.2, -0.15) is 0 Å². The quantitative estimate of drug-likeness (QED) is 0.376. The molecule has 1 heterocycles. The molecular weight excluding hydrogens is 502 g/mol. The minimum absolute atomic E-state index is 0.0852. The summed E-state index contributed by atoms with van der Waals surface area (Å²) in [7, 11) is 6.23. The number of hydrogen-bond donors (Lipinski definition) is 2. The van der Waals surface area contributed by atoms with E-state index >= 15 is 0 Å². The Morgan fingerprint density at radius 1 is 0.923 bits per heavy atom. The number of carboxylic acid groups (broad SMARTS) is 1. The molecule has 2 atom stereocenters. The minimum Gasteiger partial charge on any atom is -0.497 e. The van der Waals surface area contributed by atoms with Crippen LogP contribution < -0.4 is 24.3 Å². The maximum absolute atomic E-state index is 13.6. The van der Waals surface area contributed by atoms with E-state index in [1.807, 2.05) is 42.5 Å². The Labute approximate surface area is 227 Å². The van der Waals surface area contributed by atoms with Gasteiger partial charge in [0.2, 0.25) is 0 Å². The molecule has 1 aliphatic rings. The van der Waals surface area contributed by atoms with Crippen LogP contribution in [0.25, 0.3) is 11.1 Å². The summed E-state index contributed by atoms with van der Waals surface area (Å²) >= 11 is 0. The fraction of sp³-hybridized carbons (Fsp3) is 0.333. The molecule has 2 N–H and O–H groups in total. The van der Waals surface area contributed by atoms with Gasteiger partial charge in [0.1, 0.15) is 29.0 Å². The molecule has 0 bridgehead atoms. The third-order valence-corrected chi connectivity index (χ3v) is 6.92. The first-order chi connectivity index (χ1) is 18.8. The first kappa shape index (κ1) is 27.8. The van der Waals surface area contributed by atoms with Gasteiger partial charge in [-0.3, -0.25) is 4.79 Å². The normalized spacial score (nSPS) is 17.2. The van der Waals surface area contributed by atoms with E-state index in [2.05, 4.69) is 5.32 Å². The van der Waals surface area contributed by atoms with E-state index in [0.29, 0.717) is 48.0 Å². The highest BCUT2D eigenvalue weighted by Crippen LogP contribution is 2.40. The number of ether oxygens (including phenoxy) is 5. The summed E-state index contributed by atoms with van der Waals surface area (Å²) in [6.07, 6.45) is 1.14. The average Bonchev–Trinajstić information content (AvgIpc) is 3.48. The summed E-state index contributed by atoms with van der Waals surface area (Å²) in [6.45, 7) is 0.374. The maximum Gasteiger partial charge on any atom is 0.326 e. The van der Waals surface area contributed by atoms with Gasteiger partial charge in [0.15, 0.2) is 5.60 Å². The molecule has 0 radical (unpaired) electrons. The molecule has 1 saturated heterocycles. The zero-order chi connectivity index (χ0) is 28.0. The Hall–Kier alpha value is -4.24. The van der Waals surface area contributed by atoms with E-state index in [1.54, 1.807) is 32.4 Å². The van der Waals surface area contributed by atoms with Crippen LogP contribution in [-0.4, -0.2) is 58.1 Å². The summed E-state index contributed by atoms with van der Waals surface area (Å²) in [5.41, 5.74) is 1.60. The van der Waals surface area contributed by atoms with E-state index in [4.69, 9.17) is 23.7 Å². The number of benzene rings is 3. The van der Waals surface area contributed by atoms with Crippen LogP contribution in [0.2, 0.25) is 0 Å². The van der Waals surface area contributed by atoms with E-state index in [-0.39, 0.29) is 6.42 Å². The zero-order valence-electron chi connectivity index (χ0n) is 22.5. The van der Waals surface area contributed by atoms with Crippen molar-refractivity contribution in [3.05, 3.63) is 71.8 Å². The number of hydrogen-bond acceptors (Lipinski definition) is 7. The van der Waals surface area contributed by atoms with Gasteiger partial charge < -0.3 is 34.1 Å². The first-order valence-corrected chi connectivity index (χ1v) is 12.6. The van der Waals surface area contributed by atoms with Crippen LogP contribution in [0.5, 0.6) is 23.0 Å². The number of nitrogens with one attached hydrogen (secondary N) is 1. The SMILES string of the molecule is COc1cc(OC)cc([C@]2(C(=O)N[C@@H](Cc3ccc(-c4c(OC)cccc4OC)cc3)C(=O)O)CCCO2)c1. The lowest BCUT2D eigenvalue weighted by molar-refractivity contribution is -0.149. The van der Waals surface area contributed by atoms with Crippen molar-refractivity contribution in [3.63, 3.8) is 0 Å². The first-order valence-electron chi connectivity index (χ1n) is 12.6. The summed E-state index contributed by atoms with van der Waals surface area (Å²) in [5.74, 6) is 0.679. The highest BCUT2D eigenvalue weighted by atomic mass is 16.5. The predicted molar refractivity (Wildman–Crippen MR) is 145 cm³/mol. The number of aliphatic carboxylic acids is 1. The second-order valence-corrected chi connectivity index (χ2v) is 9.18. The lowest BCUT2D eigenvalue weighted by Gasteiger charge is -2.30. The molecule has 9 heteroatoms. The highest BCUT2D eigenvalue weighted by Gasteiger charge is 2.46. The number of amides is 1. The Kier molecular flexibility index (Phi) is 8.61. The van der Waals surface area contributed by atoms with Crippen molar-refractivity contribution in [2.24, 2.45) is 0 Å². The molecule has 0 spiro atoms. The summed E-state index contributed by atoms with van der Waals surface area (Å²) < 4.78 is 27.7. The summed E-state index contributed by atoms with van der Waals surface area (Å²) in [6, 6.07) is 16.9. The van der Waals surface area contributed by atoms with Crippen molar-refractivity contribution in [1.29, 1.82) is 0 Å². The van der Waals surface area contributed by atoms with Crippen LogP contribution in [0.15, 0.2) is 60.7 Å². The van der Waals surface area contributed by atoms with Gasteiger partial charge in [-0.15, -0.1) is 0 Å². The molecule has 3 aromatic carbocycles. The maximum atomic E-state index is 13.6. The Balaban J connectivity index is 1.57. The second-order valence-electron chi connectivity index (χ2n) is 9.18. The topological polar surface area (TPSA) is 113 Å². The van der Waals surface area contributed by atoms with Gasteiger partial charge >= 0.3 is 5.97 Å². The second kappa shape index (κ2) is 12.1.